The Morgan fingerprint density at radius 1 is 1.17 bits per heavy atom. The van der Waals surface area contributed by atoms with Crippen LogP contribution in [0.2, 0.25) is 0 Å². The van der Waals surface area contributed by atoms with Crippen LogP contribution >= 0.6 is 0 Å². The van der Waals surface area contributed by atoms with Crippen LogP contribution in [-0.4, -0.2) is 49.0 Å². The maximum atomic E-state index is 13.8. The van der Waals surface area contributed by atoms with Gasteiger partial charge in [-0.1, -0.05) is 17.3 Å². The van der Waals surface area contributed by atoms with Gasteiger partial charge in [-0.05, 0) is 26.0 Å². The highest BCUT2D eigenvalue weighted by Gasteiger charge is 2.30. The maximum Gasteiger partial charge on any atom is 0.246 e. The zero-order valence-corrected chi connectivity index (χ0v) is 14.5. The van der Waals surface area contributed by atoms with E-state index in [4.69, 9.17) is 4.52 Å². The highest BCUT2D eigenvalue weighted by molar-refractivity contribution is 7.89. The van der Waals surface area contributed by atoms with Crippen LogP contribution in [0.25, 0.3) is 0 Å². The lowest BCUT2D eigenvalue weighted by Crippen LogP contribution is -2.48. The minimum Gasteiger partial charge on any atom is -0.361 e. The van der Waals surface area contributed by atoms with E-state index in [1.54, 1.807) is 0 Å². The Morgan fingerprint density at radius 2 is 1.83 bits per heavy atom. The normalized spacial score (nSPS) is 17.3. The fourth-order valence-corrected chi connectivity index (χ4v) is 4.36. The lowest BCUT2D eigenvalue weighted by molar-refractivity contribution is 0.180. The monoisotopic (exact) mass is 353 g/mol. The summed E-state index contributed by atoms with van der Waals surface area (Å²) in [5.74, 6) is 0.0737. The second-order valence-electron chi connectivity index (χ2n) is 5.91. The molecule has 1 aromatic carbocycles. The topological polar surface area (TPSA) is 66.7 Å². The van der Waals surface area contributed by atoms with Gasteiger partial charge in [0.1, 0.15) is 16.5 Å². The van der Waals surface area contributed by atoms with Crippen LogP contribution in [0.1, 0.15) is 17.0 Å². The number of halogens is 1. The minimum atomic E-state index is -3.79. The Hall–Kier alpha value is -1.77. The number of nitrogens with zero attached hydrogens (tertiary/aromatic N) is 3. The third kappa shape index (κ3) is 3.22. The average molecular weight is 353 g/mol. The van der Waals surface area contributed by atoms with Gasteiger partial charge in [-0.25, -0.2) is 12.8 Å². The molecule has 1 fully saturated rings. The molecule has 0 atom stereocenters. The molecule has 0 amide bonds. The van der Waals surface area contributed by atoms with Crippen LogP contribution in [0, 0.1) is 19.7 Å². The first-order chi connectivity index (χ1) is 11.4. The highest BCUT2D eigenvalue weighted by Crippen LogP contribution is 2.22. The molecule has 1 aromatic heterocycles. The number of aromatic nitrogens is 1. The van der Waals surface area contributed by atoms with E-state index in [1.165, 1.54) is 28.6 Å². The highest BCUT2D eigenvalue weighted by atomic mass is 32.2. The van der Waals surface area contributed by atoms with Crippen molar-refractivity contribution in [2.45, 2.75) is 25.3 Å². The van der Waals surface area contributed by atoms with Crippen molar-refractivity contribution in [1.82, 2.24) is 14.4 Å². The summed E-state index contributed by atoms with van der Waals surface area (Å²) in [6.07, 6.45) is 0. The van der Waals surface area contributed by atoms with Crippen LogP contribution in [0.15, 0.2) is 33.7 Å². The van der Waals surface area contributed by atoms with E-state index in [-0.39, 0.29) is 4.90 Å². The molecule has 0 aliphatic carbocycles. The number of hydrogen-bond donors (Lipinski definition) is 0. The molecule has 2 heterocycles. The lowest BCUT2D eigenvalue weighted by Gasteiger charge is -2.33. The Balaban J connectivity index is 1.68. The molecule has 0 radical (unpaired) electrons. The predicted octanol–water partition coefficient (Wildman–Crippen LogP) is 1.94. The summed E-state index contributed by atoms with van der Waals surface area (Å²) in [5.41, 5.74) is 1.90. The second-order valence-corrected chi connectivity index (χ2v) is 7.82. The Morgan fingerprint density at radius 3 is 2.42 bits per heavy atom. The molecule has 3 rings (SSSR count). The fraction of sp³-hybridized carbons (Fsp3) is 0.438. The molecule has 1 saturated heterocycles. The first kappa shape index (κ1) is 17.1. The summed E-state index contributed by atoms with van der Waals surface area (Å²) >= 11 is 0. The first-order valence-electron chi connectivity index (χ1n) is 7.78. The Bertz CT molecular complexity index is 807. The van der Waals surface area contributed by atoms with Crippen molar-refractivity contribution in [3.05, 3.63) is 47.1 Å². The van der Waals surface area contributed by atoms with E-state index < -0.39 is 15.8 Å². The van der Waals surface area contributed by atoms with Crippen LogP contribution in [-0.2, 0) is 16.6 Å². The number of aryl methyl sites for hydroxylation is 2. The van der Waals surface area contributed by atoms with Crippen molar-refractivity contribution >= 4 is 10.0 Å². The van der Waals surface area contributed by atoms with Crippen LogP contribution in [0.5, 0.6) is 0 Å². The molecule has 0 N–H and O–H groups in total. The molecule has 24 heavy (non-hydrogen) atoms. The average Bonchev–Trinajstić information content (AvgIpc) is 2.87. The molecule has 6 nitrogen and oxygen atoms in total. The summed E-state index contributed by atoms with van der Waals surface area (Å²) < 4.78 is 45.5. The third-order valence-corrected chi connectivity index (χ3v) is 6.28. The molecule has 1 aliphatic heterocycles. The standard InChI is InChI=1S/C16H20FN3O3S/c1-12-14(13(2)23-18-12)11-19-7-9-20(10-8-19)24(21,22)16-6-4-3-5-15(16)17/h3-6H,7-11H2,1-2H3. The number of hydrogen-bond acceptors (Lipinski definition) is 5. The number of benzene rings is 1. The number of piperazine rings is 1. The van der Waals surface area contributed by atoms with E-state index >= 15 is 0 Å². The summed E-state index contributed by atoms with van der Waals surface area (Å²) in [5, 5.41) is 3.94. The molecular formula is C16H20FN3O3S. The second kappa shape index (κ2) is 6.62. The van der Waals surface area contributed by atoms with Crippen molar-refractivity contribution in [2.75, 3.05) is 26.2 Å². The van der Waals surface area contributed by atoms with Crippen molar-refractivity contribution in [1.29, 1.82) is 0 Å². The fourth-order valence-electron chi connectivity index (χ4n) is 2.87. The largest absolute Gasteiger partial charge is 0.361 e. The van der Waals surface area contributed by atoms with Crippen molar-refractivity contribution < 1.29 is 17.3 Å². The summed E-state index contributed by atoms with van der Waals surface area (Å²) in [6, 6.07) is 5.49. The van der Waals surface area contributed by atoms with Gasteiger partial charge < -0.3 is 4.52 Å². The van der Waals surface area contributed by atoms with Gasteiger partial charge in [0, 0.05) is 38.3 Å². The number of rotatable bonds is 4. The molecule has 0 spiro atoms. The third-order valence-electron chi connectivity index (χ3n) is 4.35. The lowest BCUT2D eigenvalue weighted by atomic mass is 10.2. The Labute approximate surface area is 140 Å². The van der Waals surface area contributed by atoms with Crippen LogP contribution < -0.4 is 0 Å². The zero-order valence-electron chi connectivity index (χ0n) is 13.7. The molecule has 130 valence electrons. The van der Waals surface area contributed by atoms with E-state index in [1.807, 2.05) is 13.8 Å². The first-order valence-corrected chi connectivity index (χ1v) is 9.22. The summed E-state index contributed by atoms with van der Waals surface area (Å²) in [6.45, 7) is 6.27. The van der Waals surface area contributed by atoms with Gasteiger partial charge in [0.25, 0.3) is 0 Å². The zero-order chi connectivity index (χ0) is 17.3. The molecule has 0 saturated carbocycles. The van der Waals surface area contributed by atoms with Gasteiger partial charge in [0.15, 0.2) is 0 Å². The molecular weight excluding hydrogens is 333 g/mol. The van der Waals surface area contributed by atoms with Gasteiger partial charge >= 0.3 is 0 Å². The quantitative estimate of drug-likeness (QED) is 0.840. The summed E-state index contributed by atoms with van der Waals surface area (Å²) in [4.78, 5) is 1.89. The SMILES string of the molecule is Cc1noc(C)c1CN1CCN(S(=O)(=O)c2ccccc2F)CC1. The van der Waals surface area contributed by atoms with E-state index in [0.717, 1.165) is 17.0 Å². The smallest absolute Gasteiger partial charge is 0.246 e. The van der Waals surface area contributed by atoms with Gasteiger partial charge in [-0.3, -0.25) is 4.90 Å². The van der Waals surface area contributed by atoms with E-state index in [0.29, 0.717) is 32.7 Å². The van der Waals surface area contributed by atoms with Gasteiger partial charge in [0.2, 0.25) is 10.0 Å². The van der Waals surface area contributed by atoms with E-state index in [2.05, 4.69) is 10.1 Å². The van der Waals surface area contributed by atoms with Gasteiger partial charge in [0.05, 0.1) is 5.69 Å². The summed E-state index contributed by atoms with van der Waals surface area (Å²) in [7, 11) is -3.79. The van der Waals surface area contributed by atoms with Gasteiger partial charge in [-0.2, -0.15) is 4.31 Å². The molecule has 0 unspecified atom stereocenters. The molecule has 8 heteroatoms. The molecule has 0 bridgehead atoms. The van der Waals surface area contributed by atoms with Crippen molar-refractivity contribution in [2.24, 2.45) is 0 Å². The predicted molar refractivity (Wildman–Crippen MR) is 86.4 cm³/mol. The maximum absolute atomic E-state index is 13.8. The van der Waals surface area contributed by atoms with Crippen molar-refractivity contribution in [3.8, 4) is 0 Å². The van der Waals surface area contributed by atoms with E-state index in [9.17, 15) is 12.8 Å². The van der Waals surface area contributed by atoms with Crippen LogP contribution in [0.3, 0.4) is 0 Å². The van der Waals surface area contributed by atoms with Crippen LogP contribution in [0.4, 0.5) is 4.39 Å². The molecule has 1 aliphatic rings. The van der Waals surface area contributed by atoms with Crippen molar-refractivity contribution in [3.63, 3.8) is 0 Å². The Kier molecular flexibility index (Phi) is 4.71. The number of sulfonamides is 1. The van der Waals surface area contributed by atoms with Gasteiger partial charge in [-0.15, -0.1) is 0 Å². The minimum absolute atomic E-state index is 0.260. The molecule has 2 aromatic rings.